The minimum Gasteiger partial charge on any atom is -0.234 e. The summed E-state index contributed by atoms with van der Waals surface area (Å²) in [6.07, 6.45) is 0.932. The Morgan fingerprint density at radius 2 is 1.85 bits per heavy atom. The fourth-order valence-electron chi connectivity index (χ4n) is 0.907. The molecule has 78 valence electrons. The summed E-state index contributed by atoms with van der Waals surface area (Å²) >= 11 is 0. The van der Waals surface area contributed by atoms with Crippen LogP contribution in [0.1, 0.15) is 48.0 Å². The van der Waals surface area contributed by atoms with E-state index < -0.39 is 11.0 Å². The zero-order valence-corrected chi connectivity index (χ0v) is 10.4. The quantitative estimate of drug-likeness (QED) is 0.648. The summed E-state index contributed by atoms with van der Waals surface area (Å²) in [5, 5.41) is 0. The molecule has 13 heavy (non-hydrogen) atoms. The van der Waals surface area contributed by atoms with E-state index in [2.05, 4.69) is 18.2 Å². The Labute approximate surface area is 84.4 Å². The van der Waals surface area contributed by atoms with Gasteiger partial charge in [0.15, 0.2) is 0 Å². The van der Waals surface area contributed by atoms with Gasteiger partial charge in [-0.25, -0.2) is 4.21 Å². The van der Waals surface area contributed by atoms with Gasteiger partial charge in [-0.05, 0) is 40.0 Å². The third-order valence-electron chi connectivity index (χ3n) is 1.47. The van der Waals surface area contributed by atoms with Crippen LogP contribution >= 0.6 is 0 Å². The molecule has 0 bridgehead atoms. The van der Waals surface area contributed by atoms with Gasteiger partial charge in [-0.2, -0.15) is 4.40 Å². The van der Waals surface area contributed by atoms with Crippen molar-refractivity contribution in [1.29, 1.82) is 0 Å². The molecule has 0 saturated carbocycles. The van der Waals surface area contributed by atoms with Crippen molar-refractivity contribution in [3.63, 3.8) is 0 Å². The molecule has 0 aromatic heterocycles. The highest BCUT2D eigenvalue weighted by Crippen LogP contribution is 2.13. The van der Waals surface area contributed by atoms with Gasteiger partial charge in [0.2, 0.25) is 0 Å². The molecule has 0 aliphatic heterocycles. The fourth-order valence-corrected chi connectivity index (χ4v) is 1.54. The molecule has 1 atom stereocenters. The van der Waals surface area contributed by atoms with Crippen molar-refractivity contribution in [2.75, 3.05) is 0 Å². The van der Waals surface area contributed by atoms with E-state index in [4.69, 9.17) is 0 Å². The van der Waals surface area contributed by atoms with Gasteiger partial charge in [0.05, 0.1) is 4.75 Å². The average molecular weight is 203 g/mol. The summed E-state index contributed by atoms with van der Waals surface area (Å²) in [5.74, 6) is 0.584. The van der Waals surface area contributed by atoms with Gasteiger partial charge in [0.25, 0.3) is 0 Å². The Bertz CT molecular complexity index is 213. The first-order valence-electron chi connectivity index (χ1n) is 4.69. The second-order valence-corrected chi connectivity index (χ2v) is 6.69. The summed E-state index contributed by atoms with van der Waals surface area (Å²) in [5.41, 5.74) is 0.989. The van der Waals surface area contributed by atoms with Crippen LogP contribution in [-0.2, 0) is 11.0 Å². The SMILES string of the molecule is C/C(CC(C)C)=N/S(=O)C(C)(C)C. The summed E-state index contributed by atoms with van der Waals surface area (Å²) in [6, 6.07) is 0. The molecule has 0 aromatic carbocycles. The van der Waals surface area contributed by atoms with Crippen molar-refractivity contribution < 1.29 is 4.21 Å². The first kappa shape index (κ1) is 12.8. The Kier molecular flexibility index (Phi) is 4.82. The van der Waals surface area contributed by atoms with Gasteiger partial charge in [-0.3, -0.25) is 0 Å². The molecule has 0 N–H and O–H groups in total. The van der Waals surface area contributed by atoms with Crippen LogP contribution in [0.4, 0.5) is 0 Å². The predicted octanol–water partition coefficient (Wildman–Crippen LogP) is 2.96. The predicted molar refractivity (Wildman–Crippen MR) is 60.5 cm³/mol. The van der Waals surface area contributed by atoms with Crippen LogP contribution in [0, 0.1) is 5.92 Å². The van der Waals surface area contributed by atoms with Crippen molar-refractivity contribution in [2.24, 2.45) is 10.3 Å². The van der Waals surface area contributed by atoms with Crippen molar-refractivity contribution in [3.8, 4) is 0 Å². The van der Waals surface area contributed by atoms with E-state index in [1.807, 2.05) is 27.7 Å². The fraction of sp³-hybridized carbons (Fsp3) is 0.900. The van der Waals surface area contributed by atoms with E-state index in [-0.39, 0.29) is 4.75 Å². The van der Waals surface area contributed by atoms with Crippen molar-refractivity contribution in [3.05, 3.63) is 0 Å². The summed E-state index contributed by atoms with van der Waals surface area (Å²) in [4.78, 5) is 0. The Balaban J connectivity index is 4.32. The topological polar surface area (TPSA) is 29.4 Å². The molecule has 0 saturated heterocycles. The number of nitrogens with zero attached hydrogens (tertiary/aromatic N) is 1. The molecule has 3 heteroatoms. The second-order valence-electron chi connectivity index (χ2n) is 4.79. The molecule has 0 aromatic rings. The highest BCUT2D eigenvalue weighted by molar-refractivity contribution is 7.85. The molecule has 1 unspecified atom stereocenters. The zero-order valence-electron chi connectivity index (χ0n) is 9.55. The van der Waals surface area contributed by atoms with Crippen molar-refractivity contribution >= 4 is 16.7 Å². The van der Waals surface area contributed by atoms with Gasteiger partial charge in [0.1, 0.15) is 11.0 Å². The lowest BCUT2D eigenvalue weighted by molar-refractivity contribution is 0.649. The lowest BCUT2D eigenvalue weighted by atomic mass is 10.1. The maximum atomic E-state index is 11.6. The van der Waals surface area contributed by atoms with Gasteiger partial charge in [0, 0.05) is 5.71 Å². The van der Waals surface area contributed by atoms with Gasteiger partial charge in [-0.15, -0.1) is 0 Å². The lowest BCUT2D eigenvalue weighted by Crippen LogP contribution is -2.20. The molecule has 2 nitrogen and oxygen atoms in total. The van der Waals surface area contributed by atoms with Crippen LogP contribution in [0.5, 0.6) is 0 Å². The highest BCUT2D eigenvalue weighted by atomic mass is 32.2. The monoisotopic (exact) mass is 203 g/mol. The molecular weight excluding hydrogens is 182 g/mol. The zero-order chi connectivity index (χ0) is 10.6. The van der Waals surface area contributed by atoms with E-state index in [1.54, 1.807) is 0 Å². The molecular formula is C10H21NOS. The Hall–Kier alpha value is -0.180. The average Bonchev–Trinajstić information content (AvgIpc) is 1.82. The summed E-state index contributed by atoms with van der Waals surface area (Å²) in [6.45, 7) is 12.0. The summed E-state index contributed by atoms with van der Waals surface area (Å²) < 4.78 is 15.5. The van der Waals surface area contributed by atoms with Gasteiger partial charge in [-0.1, -0.05) is 13.8 Å². The molecule has 0 aliphatic carbocycles. The number of rotatable bonds is 3. The third-order valence-corrected chi connectivity index (χ3v) is 2.99. The first-order chi connectivity index (χ1) is 5.73. The van der Waals surface area contributed by atoms with Crippen LogP contribution in [0.3, 0.4) is 0 Å². The van der Waals surface area contributed by atoms with Crippen molar-refractivity contribution in [1.82, 2.24) is 0 Å². The van der Waals surface area contributed by atoms with Gasteiger partial charge >= 0.3 is 0 Å². The van der Waals surface area contributed by atoms with E-state index in [0.717, 1.165) is 12.1 Å². The number of hydrogen-bond acceptors (Lipinski definition) is 1. The Morgan fingerprint density at radius 1 is 1.38 bits per heavy atom. The van der Waals surface area contributed by atoms with E-state index in [1.165, 1.54) is 0 Å². The normalized spacial score (nSPS) is 16.4. The highest BCUT2D eigenvalue weighted by Gasteiger charge is 2.18. The number of hydrogen-bond donors (Lipinski definition) is 0. The Morgan fingerprint density at radius 3 is 2.15 bits per heavy atom. The molecule has 0 fully saturated rings. The van der Waals surface area contributed by atoms with Gasteiger partial charge < -0.3 is 0 Å². The summed E-state index contributed by atoms with van der Waals surface area (Å²) in [7, 11) is -1.10. The molecule has 0 rings (SSSR count). The molecule has 0 amide bonds. The third kappa shape index (κ3) is 5.97. The minimum atomic E-state index is -1.10. The van der Waals surface area contributed by atoms with Crippen LogP contribution < -0.4 is 0 Å². The van der Waals surface area contributed by atoms with Crippen LogP contribution in [0.15, 0.2) is 4.40 Å². The molecule has 0 aliphatic rings. The standard InChI is InChI=1S/C10H21NOS/c1-8(2)7-9(3)11-13(12)10(4,5)6/h8H,7H2,1-6H3/b11-9-. The van der Waals surface area contributed by atoms with E-state index in [9.17, 15) is 4.21 Å². The van der Waals surface area contributed by atoms with E-state index in [0.29, 0.717) is 5.92 Å². The second kappa shape index (κ2) is 4.89. The van der Waals surface area contributed by atoms with E-state index >= 15 is 0 Å². The largest absolute Gasteiger partial charge is 0.234 e. The molecule has 0 heterocycles. The first-order valence-corrected chi connectivity index (χ1v) is 5.80. The molecule has 0 radical (unpaired) electrons. The van der Waals surface area contributed by atoms with Crippen molar-refractivity contribution in [2.45, 2.75) is 52.7 Å². The molecule has 0 spiro atoms. The smallest absolute Gasteiger partial charge is 0.144 e. The maximum absolute atomic E-state index is 11.6. The van der Waals surface area contributed by atoms with Crippen LogP contribution in [0.2, 0.25) is 0 Å². The lowest BCUT2D eigenvalue weighted by Gasteiger charge is -2.14. The minimum absolute atomic E-state index is 0.238. The maximum Gasteiger partial charge on any atom is 0.144 e. The van der Waals surface area contributed by atoms with Crippen LogP contribution in [0.25, 0.3) is 0 Å². The van der Waals surface area contributed by atoms with Crippen LogP contribution in [-0.4, -0.2) is 14.7 Å².